The number of hydrogen-bond acceptors (Lipinski definition) is 4. The Labute approximate surface area is 187 Å². The molecule has 0 saturated heterocycles. The molecule has 6 nitrogen and oxygen atoms in total. The number of carbonyl (C=O) groups excluding carboxylic acids is 1. The van der Waals surface area contributed by atoms with E-state index in [0.717, 1.165) is 28.6 Å². The first kappa shape index (κ1) is 22.1. The van der Waals surface area contributed by atoms with Gasteiger partial charge in [0.2, 0.25) is 10.0 Å². The van der Waals surface area contributed by atoms with E-state index in [9.17, 15) is 17.6 Å². The summed E-state index contributed by atoms with van der Waals surface area (Å²) >= 11 is 0. The van der Waals surface area contributed by atoms with Gasteiger partial charge in [-0.3, -0.25) is 9.78 Å². The number of nitrogens with one attached hydrogen (secondary N) is 1. The number of fused-ring (bicyclic) bond motifs is 1. The van der Waals surface area contributed by atoms with Crippen molar-refractivity contribution in [2.75, 3.05) is 12.8 Å². The summed E-state index contributed by atoms with van der Waals surface area (Å²) in [6, 6.07) is 13.5. The van der Waals surface area contributed by atoms with Crippen LogP contribution in [0.15, 0.2) is 54.7 Å². The molecule has 3 aromatic rings. The Hall–Kier alpha value is -3.10. The number of amides is 1. The molecule has 166 valence electrons. The highest BCUT2D eigenvalue weighted by atomic mass is 32.2. The van der Waals surface area contributed by atoms with Crippen LogP contribution in [-0.4, -0.2) is 37.0 Å². The van der Waals surface area contributed by atoms with Crippen LogP contribution in [0.2, 0.25) is 0 Å². The van der Waals surface area contributed by atoms with Crippen LogP contribution in [0.5, 0.6) is 0 Å². The molecule has 8 heteroatoms. The maximum absolute atomic E-state index is 14.0. The molecule has 0 aliphatic carbocycles. The maximum atomic E-state index is 14.0. The van der Waals surface area contributed by atoms with Gasteiger partial charge in [-0.05, 0) is 53.8 Å². The van der Waals surface area contributed by atoms with Crippen LogP contribution in [0.3, 0.4) is 0 Å². The standard InChI is InChI=1S/C24H24FN3O3S/c1-16-22(14-27-32(2,30)31)20-11-12-28(15-19(20)13-26-16)24(29)18-9-7-17(8-10-18)21-5-3-4-6-23(21)25/h3-10,13,27H,11-12,14-15H2,1-2H3. The molecular weight excluding hydrogens is 429 g/mol. The first-order valence-corrected chi connectivity index (χ1v) is 12.2. The van der Waals surface area contributed by atoms with Crippen molar-refractivity contribution in [3.05, 3.63) is 88.5 Å². The fourth-order valence-electron chi connectivity index (χ4n) is 4.00. The van der Waals surface area contributed by atoms with Crippen LogP contribution in [0, 0.1) is 12.7 Å². The van der Waals surface area contributed by atoms with Crippen molar-refractivity contribution in [2.45, 2.75) is 26.4 Å². The number of halogens is 1. The van der Waals surface area contributed by atoms with Crippen molar-refractivity contribution < 1.29 is 17.6 Å². The van der Waals surface area contributed by atoms with Gasteiger partial charge in [-0.25, -0.2) is 17.5 Å². The lowest BCUT2D eigenvalue weighted by molar-refractivity contribution is 0.0734. The summed E-state index contributed by atoms with van der Waals surface area (Å²) in [5, 5.41) is 0. The smallest absolute Gasteiger partial charge is 0.254 e. The Balaban J connectivity index is 1.52. The Kier molecular flexibility index (Phi) is 6.08. The summed E-state index contributed by atoms with van der Waals surface area (Å²) in [5.41, 5.74) is 5.36. The monoisotopic (exact) mass is 453 g/mol. The predicted octanol–water partition coefficient (Wildman–Crippen LogP) is 3.44. The van der Waals surface area contributed by atoms with Crippen LogP contribution < -0.4 is 4.72 Å². The SMILES string of the molecule is Cc1ncc2c(c1CNS(C)(=O)=O)CCN(C(=O)c1ccc(-c3ccccc3F)cc1)C2. The van der Waals surface area contributed by atoms with Crippen molar-refractivity contribution in [1.29, 1.82) is 0 Å². The number of rotatable bonds is 5. The van der Waals surface area contributed by atoms with Gasteiger partial charge in [0.1, 0.15) is 5.82 Å². The van der Waals surface area contributed by atoms with Gasteiger partial charge in [0.25, 0.3) is 5.91 Å². The molecular formula is C24H24FN3O3S. The van der Waals surface area contributed by atoms with E-state index in [-0.39, 0.29) is 18.3 Å². The Morgan fingerprint density at radius 2 is 1.88 bits per heavy atom. The molecule has 1 amide bonds. The van der Waals surface area contributed by atoms with Gasteiger partial charge >= 0.3 is 0 Å². The summed E-state index contributed by atoms with van der Waals surface area (Å²) in [6.45, 7) is 2.97. The average molecular weight is 454 g/mol. The summed E-state index contributed by atoms with van der Waals surface area (Å²) in [4.78, 5) is 19.2. The molecule has 4 rings (SSSR count). The lowest BCUT2D eigenvalue weighted by Gasteiger charge is -2.30. The summed E-state index contributed by atoms with van der Waals surface area (Å²) in [7, 11) is -3.32. The molecule has 0 spiro atoms. The molecule has 1 aliphatic rings. The van der Waals surface area contributed by atoms with E-state index in [0.29, 0.717) is 36.2 Å². The highest BCUT2D eigenvalue weighted by molar-refractivity contribution is 7.88. The van der Waals surface area contributed by atoms with Crippen LogP contribution in [0.4, 0.5) is 4.39 Å². The number of hydrogen-bond donors (Lipinski definition) is 1. The Morgan fingerprint density at radius 3 is 2.56 bits per heavy atom. The quantitative estimate of drug-likeness (QED) is 0.642. The van der Waals surface area contributed by atoms with Gasteiger partial charge in [-0.2, -0.15) is 0 Å². The van der Waals surface area contributed by atoms with E-state index in [4.69, 9.17) is 0 Å². The fourth-order valence-corrected chi connectivity index (χ4v) is 4.41. The van der Waals surface area contributed by atoms with Crippen LogP contribution in [-0.2, 0) is 29.5 Å². The minimum atomic E-state index is -3.32. The third-order valence-corrected chi connectivity index (χ3v) is 6.38. The van der Waals surface area contributed by atoms with Crippen LogP contribution in [0.1, 0.15) is 32.7 Å². The first-order valence-electron chi connectivity index (χ1n) is 10.3. The van der Waals surface area contributed by atoms with Crippen molar-refractivity contribution in [2.24, 2.45) is 0 Å². The number of pyridine rings is 1. The van der Waals surface area contributed by atoms with Gasteiger partial charge in [-0.15, -0.1) is 0 Å². The highest BCUT2D eigenvalue weighted by Crippen LogP contribution is 2.26. The molecule has 1 N–H and O–H groups in total. The number of benzene rings is 2. The zero-order chi connectivity index (χ0) is 22.9. The van der Waals surface area contributed by atoms with Gasteiger partial charge < -0.3 is 4.90 Å². The number of aromatic nitrogens is 1. The predicted molar refractivity (Wildman–Crippen MR) is 121 cm³/mol. The minimum Gasteiger partial charge on any atom is -0.334 e. The fraction of sp³-hybridized carbons (Fsp3) is 0.250. The molecule has 0 fully saturated rings. The molecule has 0 radical (unpaired) electrons. The topological polar surface area (TPSA) is 79.4 Å². The lowest BCUT2D eigenvalue weighted by Crippen LogP contribution is -2.37. The van der Waals surface area contributed by atoms with Gasteiger partial charge in [0.15, 0.2) is 0 Å². The minimum absolute atomic E-state index is 0.105. The molecule has 2 aromatic carbocycles. The zero-order valence-electron chi connectivity index (χ0n) is 17.9. The number of sulfonamides is 1. The maximum Gasteiger partial charge on any atom is 0.254 e. The van der Waals surface area contributed by atoms with Gasteiger partial charge in [-0.1, -0.05) is 30.3 Å². The average Bonchev–Trinajstić information content (AvgIpc) is 2.77. The summed E-state index contributed by atoms with van der Waals surface area (Å²) in [6.07, 6.45) is 3.51. The van der Waals surface area contributed by atoms with Gasteiger partial charge in [0, 0.05) is 42.7 Å². The molecule has 32 heavy (non-hydrogen) atoms. The van der Waals surface area contributed by atoms with Crippen molar-refractivity contribution in [3.8, 4) is 11.1 Å². The number of nitrogens with zero attached hydrogens (tertiary/aromatic N) is 2. The van der Waals surface area contributed by atoms with E-state index in [1.165, 1.54) is 6.07 Å². The third-order valence-electron chi connectivity index (χ3n) is 5.71. The Morgan fingerprint density at radius 1 is 1.16 bits per heavy atom. The largest absolute Gasteiger partial charge is 0.334 e. The third kappa shape index (κ3) is 4.71. The second-order valence-corrected chi connectivity index (χ2v) is 9.79. The highest BCUT2D eigenvalue weighted by Gasteiger charge is 2.25. The van der Waals surface area contributed by atoms with Crippen LogP contribution in [0.25, 0.3) is 11.1 Å². The van der Waals surface area contributed by atoms with Crippen molar-refractivity contribution >= 4 is 15.9 Å². The van der Waals surface area contributed by atoms with E-state index < -0.39 is 10.0 Å². The zero-order valence-corrected chi connectivity index (χ0v) is 18.7. The molecule has 0 atom stereocenters. The van der Waals surface area contributed by atoms with E-state index in [1.54, 1.807) is 53.6 Å². The molecule has 1 aromatic heterocycles. The number of carbonyl (C=O) groups is 1. The van der Waals surface area contributed by atoms with Gasteiger partial charge in [0.05, 0.1) is 6.26 Å². The summed E-state index contributed by atoms with van der Waals surface area (Å²) in [5.74, 6) is -0.407. The number of aryl methyl sites for hydroxylation is 1. The Bertz CT molecular complexity index is 1270. The molecule has 0 saturated carbocycles. The van der Waals surface area contributed by atoms with Crippen molar-refractivity contribution in [1.82, 2.24) is 14.6 Å². The van der Waals surface area contributed by atoms with E-state index >= 15 is 0 Å². The molecule has 0 unspecified atom stereocenters. The summed E-state index contributed by atoms with van der Waals surface area (Å²) < 4.78 is 39.6. The lowest BCUT2D eigenvalue weighted by atomic mass is 9.94. The van der Waals surface area contributed by atoms with Crippen LogP contribution >= 0.6 is 0 Å². The first-order chi connectivity index (χ1) is 15.2. The second kappa shape index (κ2) is 8.80. The molecule has 1 aliphatic heterocycles. The normalized spacial score (nSPS) is 13.7. The second-order valence-electron chi connectivity index (χ2n) is 7.95. The molecule has 2 heterocycles. The van der Waals surface area contributed by atoms with E-state index in [2.05, 4.69) is 9.71 Å². The molecule has 0 bridgehead atoms. The van der Waals surface area contributed by atoms with Crippen molar-refractivity contribution in [3.63, 3.8) is 0 Å². The van der Waals surface area contributed by atoms with E-state index in [1.807, 2.05) is 6.92 Å².